The molecule has 0 aromatic heterocycles. The van der Waals surface area contributed by atoms with Gasteiger partial charge in [-0.2, -0.15) is 0 Å². The van der Waals surface area contributed by atoms with E-state index in [0.29, 0.717) is 12.1 Å². The average Bonchev–Trinajstić information content (AvgIpc) is 1.62. The second-order valence-corrected chi connectivity index (χ2v) is 2.82. The van der Waals surface area contributed by atoms with E-state index in [2.05, 4.69) is 5.16 Å². The standard InChI is InChI=1S/C6H13NO2/c1-5(7-9)4-6(2,3)8/h8-9H,4H2,1-3H3/b7-5+. The molecule has 0 unspecified atom stereocenters. The Balaban J connectivity index is 3.75. The minimum Gasteiger partial charge on any atom is -0.411 e. The van der Waals surface area contributed by atoms with Crippen molar-refractivity contribution in [3.05, 3.63) is 0 Å². The van der Waals surface area contributed by atoms with E-state index in [1.165, 1.54) is 0 Å². The SMILES string of the molecule is C/C(CC(C)(C)O)=N\O. The van der Waals surface area contributed by atoms with Gasteiger partial charge >= 0.3 is 0 Å². The molecule has 0 aromatic carbocycles. The van der Waals surface area contributed by atoms with Crippen molar-refractivity contribution >= 4 is 5.71 Å². The van der Waals surface area contributed by atoms with Crippen LogP contribution in [0.3, 0.4) is 0 Å². The summed E-state index contributed by atoms with van der Waals surface area (Å²) in [4.78, 5) is 0. The second kappa shape index (κ2) is 2.82. The number of aliphatic hydroxyl groups is 1. The highest BCUT2D eigenvalue weighted by molar-refractivity contribution is 5.82. The summed E-state index contributed by atoms with van der Waals surface area (Å²) < 4.78 is 0. The van der Waals surface area contributed by atoms with Crippen molar-refractivity contribution in [3.63, 3.8) is 0 Å². The van der Waals surface area contributed by atoms with Gasteiger partial charge in [0.15, 0.2) is 0 Å². The smallest absolute Gasteiger partial charge is 0.0644 e. The molecule has 54 valence electrons. The molecule has 0 saturated carbocycles. The molecule has 0 saturated heterocycles. The molecule has 0 aromatic rings. The van der Waals surface area contributed by atoms with Crippen LogP contribution in [0.4, 0.5) is 0 Å². The second-order valence-electron chi connectivity index (χ2n) is 2.82. The molecule has 0 heterocycles. The lowest BCUT2D eigenvalue weighted by molar-refractivity contribution is 0.0875. The third-order valence-electron chi connectivity index (χ3n) is 0.859. The van der Waals surface area contributed by atoms with Crippen molar-refractivity contribution in [3.8, 4) is 0 Å². The number of rotatable bonds is 2. The van der Waals surface area contributed by atoms with Gasteiger partial charge in [-0.3, -0.25) is 0 Å². The van der Waals surface area contributed by atoms with Crippen LogP contribution in [0.5, 0.6) is 0 Å². The molecule has 3 heteroatoms. The van der Waals surface area contributed by atoms with Crippen molar-refractivity contribution in [1.82, 2.24) is 0 Å². The zero-order valence-corrected chi connectivity index (χ0v) is 6.05. The van der Waals surface area contributed by atoms with Crippen molar-refractivity contribution in [1.29, 1.82) is 0 Å². The molecular weight excluding hydrogens is 118 g/mol. The Morgan fingerprint density at radius 1 is 1.56 bits per heavy atom. The summed E-state index contributed by atoms with van der Waals surface area (Å²) in [6, 6.07) is 0. The number of nitrogens with zero attached hydrogens (tertiary/aromatic N) is 1. The molecule has 0 rings (SSSR count). The minimum atomic E-state index is -0.768. The Bertz CT molecular complexity index is 113. The van der Waals surface area contributed by atoms with Gasteiger partial charge in [-0.15, -0.1) is 0 Å². The van der Waals surface area contributed by atoms with Crippen LogP contribution < -0.4 is 0 Å². The highest BCUT2D eigenvalue weighted by Crippen LogP contribution is 2.07. The Hall–Kier alpha value is -0.570. The van der Waals surface area contributed by atoms with E-state index in [4.69, 9.17) is 10.3 Å². The highest BCUT2D eigenvalue weighted by atomic mass is 16.4. The molecule has 0 spiro atoms. The van der Waals surface area contributed by atoms with Gasteiger partial charge in [-0.25, -0.2) is 0 Å². The zero-order chi connectivity index (χ0) is 7.49. The van der Waals surface area contributed by atoms with Crippen LogP contribution in [0.15, 0.2) is 5.16 Å². The van der Waals surface area contributed by atoms with Crippen molar-refractivity contribution in [2.75, 3.05) is 0 Å². The quantitative estimate of drug-likeness (QED) is 0.333. The summed E-state index contributed by atoms with van der Waals surface area (Å²) in [7, 11) is 0. The van der Waals surface area contributed by atoms with Gasteiger partial charge in [0.2, 0.25) is 0 Å². The van der Waals surface area contributed by atoms with Gasteiger partial charge in [-0.1, -0.05) is 5.16 Å². The van der Waals surface area contributed by atoms with Crippen molar-refractivity contribution in [2.45, 2.75) is 32.8 Å². The molecule has 0 bridgehead atoms. The molecule has 0 radical (unpaired) electrons. The van der Waals surface area contributed by atoms with E-state index < -0.39 is 5.60 Å². The predicted molar refractivity (Wildman–Crippen MR) is 35.8 cm³/mol. The van der Waals surface area contributed by atoms with E-state index in [-0.39, 0.29) is 0 Å². The lowest BCUT2D eigenvalue weighted by atomic mass is 10.0. The molecule has 0 amide bonds. The normalized spacial score (nSPS) is 14.0. The lowest BCUT2D eigenvalue weighted by Gasteiger charge is -2.14. The Morgan fingerprint density at radius 3 is 2.11 bits per heavy atom. The van der Waals surface area contributed by atoms with Crippen molar-refractivity contribution in [2.24, 2.45) is 5.16 Å². The van der Waals surface area contributed by atoms with Crippen LogP contribution in [0, 0.1) is 0 Å². The van der Waals surface area contributed by atoms with Crippen LogP contribution >= 0.6 is 0 Å². The Morgan fingerprint density at radius 2 is 2.00 bits per heavy atom. The molecule has 0 atom stereocenters. The fourth-order valence-electron chi connectivity index (χ4n) is 0.661. The van der Waals surface area contributed by atoms with Gasteiger partial charge in [-0.05, 0) is 20.8 Å². The lowest BCUT2D eigenvalue weighted by Crippen LogP contribution is -2.21. The summed E-state index contributed by atoms with van der Waals surface area (Å²) >= 11 is 0. The predicted octanol–water partition coefficient (Wildman–Crippen LogP) is 0.998. The number of hydrogen-bond donors (Lipinski definition) is 2. The molecule has 3 nitrogen and oxygen atoms in total. The summed E-state index contributed by atoms with van der Waals surface area (Å²) in [6.07, 6.45) is 0.406. The molecule has 2 N–H and O–H groups in total. The summed E-state index contributed by atoms with van der Waals surface area (Å²) in [6.45, 7) is 5.00. The monoisotopic (exact) mass is 131 g/mol. The van der Waals surface area contributed by atoms with E-state index in [1.54, 1.807) is 20.8 Å². The fraction of sp³-hybridized carbons (Fsp3) is 0.833. The maximum absolute atomic E-state index is 9.13. The third kappa shape index (κ3) is 5.30. The summed E-state index contributed by atoms with van der Waals surface area (Å²) in [5.74, 6) is 0. The number of oxime groups is 1. The molecule has 9 heavy (non-hydrogen) atoms. The summed E-state index contributed by atoms with van der Waals surface area (Å²) in [5.41, 5.74) is -0.224. The first-order chi connectivity index (χ1) is 3.95. The van der Waals surface area contributed by atoms with Gasteiger partial charge in [0.1, 0.15) is 0 Å². The fourth-order valence-corrected chi connectivity index (χ4v) is 0.661. The van der Waals surface area contributed by atoms with E-state index >= 15 is 0 Å². The van der Waals surface area contributed by atoms with Gasteiger partial charge in [0, 0.05) is 6.42 Å². The van der Waals surface area contributed by atoms with Gasteiger partial charge in [0.05, 0.1) is 11.3 Å². The Labute approximate surface area is 55.0 Å². The van der Waals surface area contributed by atoms with Crippen molar-refractivity contribution < 1.29 is 10.3 Å². The third-order valence-corrected chi connectivity index (χ3v) is 0.859. The van der Waals surface area contributed by atoms with Crippen LogP contribution in [-0.4, -0.2) is 21.6 Å². The van der Waals surface area contributed by atoms with E-state index in [9.17, 15) is 0 Å². The van der Waals surface area contributed by atoms with Crippen LogP contribution in [0.25, 0.3) is 0 Å². The molecule has 0 fully saturated rings. The van der Waals surface area contributed by atoms with Gasteiger partial charge < -0.3 is 10.3 Å². The maximum atomic E-state index is 9.13. The molecule has 0 aliphatic rings. The summed E-state index contributed by atoms with van der Waals surface area (Å²) in [5, 5.41) is 20.2. The maximum Gasteiger partial charge on any atom is 0.0644 e. The van der Waals surface area contributed by atoms with Crippen LogP contribution in [0.2, 0.25) is 0 Å². The zero-order valence-electron chi connectivity index (χ0n) is 6.05. The molecule has 0 aliphatic heterocycles. The highest BCUT2D eigenvalue weighted by Gasteiger charge is 2.13. The first kappa shape index (κ1) is 8.43. The first-order valence-electron chi connectivity index (χ1n) is 2.85. The molecule has 0 aliphatic carbocycles. The minimum absolute atomic E-state index is 0.406. The van der Waals surface area contributed by atoms with Gasteiger partial charge in [0.25, 0.3) is 0 Å². The first-order valence-corrected chi connectivity index (χ1v) is 2.85. The molecular formula is C6H13NO2. The average molecular weight is 131 g/mol. The van der Waals surface area contributed by atoms with E-state index in [1.807, 2.05) is 0 Å². The van der Waals surface area contributed by atoms with Crippen LogP contribution in [-0.2, 0) is 0 Å². The van der Waals surface area contributed by atoms with Crippen LogP contribution in [0.1, 0.15) is 27.2 Å². The number of hydrogen-bond acceptors (Lipinski definition) is 3. The topological polar surface area (TPSA) is 52.8 Å². The van der Waals surface area contributed by atoms with E-state index in [0.717, 1.165) is 0 Å². The Kier molecular flexibility index (Phi) is 2.65. The largest absolute Gasteiger partial charge is 0.411 e.